The molecule has 2 aromatic carbocycles. The molecule has 0 radical (unpaired) electrons. The molecule has 0 aliphatic carbocycles. The number of amides is 3. The van der Waals surface area contributed by atoms with Crippen molar-refractivity contribution in [3.8, 4) is 17.2 Å². The van der Waals surface area contributed by atoms with E-state index in [1.54, 1.807) is 44.7 Å². The Kier molecular flexibility index (Phi) is 7.40. The van der Waals surface area contributed by atoms with Gasteiger partial charge in [0.2, 0.25) is 5.91 Å². The fraction of sp³-hybridized carbons (Fsp3) is 0.320. The second-order valence-corrected chi connectivity index (χ2v) is 8.92. The third-order valence-electron chi connectivity index (χ3n) is 5.96. The van der Waals surface area contributed by atoms with E-state index in [2.05, 4.69) is 15.6 Å². The average Bonchev–Trinajstić information content (AvgIpc) is 3.40. The third kappa shape index (κ3) is 5.17. The van der Waals surface area contributed by atoms with Gasteiger partial charge in [0.05, 0.1) is 27.4 Å². The van der Waals surface area contributed by atoms with Crippen LogP contribution in [0.15, 0.2) is 48.0 Å². The number of nitrogens with zero attached hydrogens (tertiary/aromatic N) is 2. The number of anilines is 1. The van der Waals surface area contributed by atoms with Gasteiger partial charge in [-0.15, -0.1) is 11.3 Å². The average molecular weight is 497 g/mol. The van der Waals surface area contributed by atoms with Crippen LogP contribution >= 0.6 is 11.3 Å². The van der Waals surface area contributed by atoms with Gasteiger partial charge in [-0.1, -0.05) is 12.1 Å². The largest absolute Gasteiger partial charge is 0.497 e. The molecule has 3 aromatic rings. The van der Waals surface area contributed by atoms with Crippen molar-refractivity contribution in [3.63, 3.8) is 0 Å². The quantitative estimate of drug-likeness (QED) is 0.515. The van der Waals surface area contributed by atoms with Gasteiger partial charge in [0.1, 0.15) is 11.8 Å². The lowest BCUT2D eigenvalue weighted by molar-refractivity contribution is -0.117. The third-order valence-corrected chi connectivity index (χ3v) is 6.65. The fourth-order valence-corrected chi connectivity index (χ4v) is 4.67. The van der Waals surface area contributed by atoms with Crippen molar-refractivity contribution in [2.75, 3.05) is 33.2 Å². The Morgan fingerprint density at radius 3 is 2.43 bits per heavy atom. The molecule has 9 nitrogen and oxygen atoms in total. The van der Waals surface area contributed by atoms with Crippen LogP contribution < -0.4 is 24.8 Å². The zero-order valence-electron chi connectivity index (χ0n) is 20.0. The standard InChI is InChI=1S/C25H28N4O5S/c1-15(23(30)28-24-26-10-12-35-24)27-25(31)29-11-9-17-13-20(33-3)21(34-4)14-19(17)22(29)16-5-7-18(32-2)8-6-16/h5-8,10,12-15,22H,9,11H2,1-4H3,(H,27,31)(H,26,28,30)/t15-,22+/m1/s1. The number of ether oxygens (including phenoxy) is 3. The van der Waals surface area contributed by atoms with Crippen molar-refractivity contribution < 1.29 is 23.8 Å². The van der Waals surface area contributed by atoms with Crippen LogP contribution in [-0.4, -0.2) is 55.7 Å². The molecule has 0 saturated heterocycles. The monoisotopic (exact) mass is 496 g/mol. The first-order chi connectivity index (χ1) is 16.9. The summed E-state index contributed by atoms with van der Waals surface area (Å²) in [4.78, 5) is 31.8. The Labute approximate surface area is 208 Å². The first-order valence-corrected chi connectivity index (χ1v) is 12.0. The number of hydrogen-bond acceptors (Lipinski definition) is 7. The maximum atomic E-state index is 13.5. The summed E-state index contributed by atoms with van der Waals surface area (Å²) in [7, 11) is 4.80. The van der Waals surface area contributed by atoms with Crippen LogP contribution in [0.25, 0.3) is 0 Å². The summed E-state index contributed by atoms with van der Waals surface area (Å²) in [5.74, 6) is 1.62. The molecule has 184 valence electrons. The van der Waals surface area contributed by atoms with E-state index < -0.39 is 12.1 Å². The summed E-state index contributed by atoms with van der Waals surface area (Å²) >= 11 is 1.32. The summed E-state index contributed by atoms with van der Waals surface area (Å²) in [6.07, 6.45) is 2.24. The summed E-state index contributed by atoms with van der Waals surface area (Å²) in [6.45, 7) is 2.11. The van der Waals surface area contributed by atoms with Gasteiger partial charge in [-0.05, 0) is 54.3 Å². The van der Waals surface area contributed by atoms with Gasteiger partial charge in [0, 0.05) is 18.1 Å². The number of thiazole rings is 1. The van der Waals surface area contributed by atoms with E-state index in [4.69, 9.17) is 14.2 Å². The minimum atomic E-state index is -0.755. The molecule has 35 heavy (non-hydrogen) atoms. The van der Waals surface area contributed by atoms with Gasteiger partial charge in [0.25, 0.3) is 0 Å². The minimum Gasteiger partial charge on any atom is -0.497 e. The smallest absolute Gasteiger partial charge is 0.318 e. The highest BCUT2D eigenvalue weighted by Gasteiger charge is 2.34. The molecule has 1 aliphatic rings. The van der Waals surface area contributed by atoms with E-state index in [1.807, 2.05) is 36.4 Å². The molecular weight excluding hydrogens is 468 g/mol. The molecule has 10 heteroatoms. The van der Waals surface area contributed by atoms with Gasteiger partial charge >= 0.3 is 6.03 Å². The summed E-state index contributed by atoms with van der Waals surface area (Å²) in [6, 6.07) is 10.0. The number of carbonyl (C=O) groups is 2. The topological polar surface area (TPSA) is 102 Å². The molecule has 0 unspecified atom stereocenters. The summed E-state index contributed by atoms with van der Waals surface area (Å²) in [5, 5.41) is 7.81. The Morgan fingerprint density at radius 2 is 1.80 bits per heavy atom. The maximum Gasteiger partial charge on any atom is 0.318 e. The number of methoxy groups -OCH3 is 3. The number of nitrogens with one attached hydrogen (secondary N) is 2. The zero-order chi connectivity index (χ0) is 24.9. The van der Waals surface area contributed by atoms with Crippen LogP contribution in [0, 0.1) is 0 Å². The van der Waals surface area contributed by atoms with Crippen LogP contribution in [0.3, 0.4) is 0 Å². The fourth-order valence-electron chi connectivity index (χ4n) is 4.14. The molecule has 2 atom stereocenters. The number of urea groups is 1. The Balaban J connectivity index is 1.64. The number of rotatable bonds is 7. The molecule has 4 rings (SSSR count). The Bertz CT molecular complexity index is 1180. The predicted molar refractivity (Wildman–Crippen MR) is 134 cm³/mol. The lowest BCUT2D eigenvalue weighted by atomic mass is 9.87. The molecule has 2 N–H and O–H groups in total. The molecule has 0 fully saturated rings. The van der Waals surface area contributed by atoms with Crippen molar-refractivity contribution in [2.45, 2.75) is 25.4 Å². The van der Waals surface area contributed by atoms with Crippen LogP contribution in [0.5, 0.6) is 17.2 Å². The number of carbonyl (C=O) groups excluding carboxylic acids is 2. The lowest BCUT2D eigenvalue weighted by Gasteiger charge is -2.38. The molecular formula is C25H28N4O5S. The van der Waals surface area contributed by atoms with Crippen LogP contribution in [-0.2, 0) is 11.2 Å². The number of benzene rings is 2. The highest BCUT2D eigenvalue weighted by atomic mass is 32.1. The van der Waals surface area contributed by atoms with Crippen molar-refractivity contribution in [3.05, 3.63) is 64.7 Å². The second kappa shape index (κ2) is 10.6. The van der Waals surface area contributed by atoms with Gasteiger partial charge in [0.15, 0.2) is 16.6 Å². The van der Waals surface area contributed by atoms with Gasteiger partial charge in [-0.2, -0.15) is 0 Å². The highest BCUT2D eigenvalue weighted by Crippen LogP contribution is 2.41. The highest BCUT2D eigenvalue weighted by molar-refractivity contribution is 7.13. The van der Waals surface area contributed by atoms with Gasteiger partial charge in [-0.3, -0.25) is 4.79 Å². The minimum absolute atomic E-state index is 0.335. The summed E-state index contributed by atoms with van der Waals surface area (Å²) in [5.41, 5.74) is 2.92. The molecule has 2 heterocycles. The van der Waals surface area contributed by atoms with E-state index >= 15 is 0 Å². The van der Waals surface area contributed by atoms with Gasteiger partial charge in [-0.25, -0.2) is 9.78 Å². The number of aromatic nitrogens is 1. The van der Waals surface area contributed by atoms with E-state index in [0.717, 1.165) is 22.4 Å². The molecule has 3 amide bonds. The van der Waals surface area contributed by atoms with Gasteiger partial charge < -0.3 is 29.7 Å². The Morgan fingerprint density at radius 1 is 1.09 bits per heavy atom. The van der Waals surface area contributed by atoms with Crippen molar-refractivity contribution in [1.82, 2.24) is 15.2 Å². The maximum absolute atomic E-state index is 13.5. The van der Waals surface area contributed by atoms with E-state index in [9.17, 15) is 9.59 Å². The van der Waals surface area contributed by atoms with Crippen molar-refractivity contribution in [2.24, 2.45) is 0 Å². The predicted octanol–water partition coefficient (Wildman–Crippen LogP) is 3.85. The first kappa shape index (κ1) is 24.3. The first-order valence-electron chi connectivity index (χ1n) is 11.1. The van der Waals surface area contributed by atoms with Crippen LogP contribution in [0.2, 0.25) is 0 Å². The molecule has 0 saturated carbocycles. The summed E-state index contributed by atoms with van der Waals surface area (Å²) < 4.78 is 16.3. The molecule has 0 spiro atoms. The number of hydrogen-bond donors (Lipinski definition) is 2. The van der Waals surface area contributed by atoms with Crippen LogP contribution in [0.4, 0.5) is 9.93 Å². The Hall–Kier alpha value is -3.79. The van der Waals surface area contributed by atoms with E-state index in [1.165, 1.54) is 11.3 Å². The molecule has 1 aliphatic heterocycles. The van der Waals surface area contributed by atoms with Crippen molar-refractivity contribution >= 4 is 28.4 Å². The van der Waals surface area contributed by atoms with Crippen LogP contribution in [0.1, 0.15) is 29.7 Å². The second-order valence-electron chi connectivity index (χ2n) is 8.02. The normalized spacial score (nSPS) is 15.5. The van der Waals surface area contributed by atoms with E-state index in [-0.39, 0.29) is 11.9 Å². The van der Waals surface area contributed by atoms with Crippen molar-refractivity contribution in [1.29, 1.82) is 0 Å². The number of fused-ring (bicyclic) bond motifs is 1. The zero-order valence-corrected chi connectivity index (χ0v) is 20.8. The molecule has 1 aromatic heterocycles. The SMILES string of the molecule is COc1ccc([C@H]2c3cc(OC)c(OC)cc3CCN2C(=O)N[C@H](C)C(=O)Nc2nccs2)cc1. The molecule has 0 bridgehead atoms. The lowest BCUT2D eigenvalue weighted by Crippen LogP contribution is -2.51. The van der Waals surface area contributed by atoms with E-state index in [0.29, 0.717) is 29.6 Å².